The van der Waals surface area contributed by atoms with Crippen LogP contribution in [0.25, 0.3) is 0 Å². The molecule has 142 valence electrons. The number of nitrogens with one attached hydrogen (secondary N) is 2. The summed E-state index contributed by atoms with van der Waals surface area (Å²) < 4.78 is 0. The normalized spacial score (nSPS) is 10.2. The first-order valence-corrected chi connectivity index (χ1v) is 9.52. The molecule has 0 atom stereocenters. The molecule has 3 rings (SSSR count). The van der Waals surface area contributed by atoms with Crippen LogP contribution in [0.5, 0.6) is 0 Å². The van der Waals surface area contributed by atoms with Gasteiger partial charge in [-0.05, 0) is 47.6 Å². The molecule has 0 aliphatic carbocycles. The van der Waals surface area contributed by atoms with Crippen LogP contribution in [0.2, 0.25) is 0 Å². The predicted molar refractivity (Wildman–Crippen MR) is 119 cm³/mol. The number of amides is 1. The summed E-state index contributed by atoms with van der Waals surface area (Å²) in [5.41, 5.74) is 4.03. The zero-order chi connectivity index (χ0) is 19.8. The lowest BCUT2D eigenvalue weighted by Gasteiger charge is -2.26. The van der Waals surface area contributed by atoms with Crippen molar-refractivity contribution in [3.63, 3.8) is 0 Å². The fourth-order valence-corrected chi connectivity index (χ4v) is 3.10. The minimum atomic E-state index is -0.0897. The summed E-state index contributed by atoms with van der Waals surface area (Å²) in [6.07, 6.45) is 0. The molecule has 0 aliphatic heterocycles. The third kappa shape index (κ3) is 5.93. The molecule has 2 N–H and O–H groups in total. The molecule has 3 aromatic carbocycles. The van der Waals surface area contributed by atoms with E-state index < -0.39 is 0 Å². The SMILES string of the molecule is CC(=O)Nc1ccc(NC(=S)N(Cc2ccccc2)Cc2ccccc2)cc1. The molecule has 0 bridgehead atoms. The Hall–Kier alpha value is -3.18. The summed E-state index contributed by atoms with van der Waals surface area (Å²) in [5, 5.41) is 6.72. The van der Waals surface area contributed by atoms with Crippen LogP contribution in [0.3, 0.4) is 0 Å². The number of carbonyl (C=O) groups is 1. The summed E-state index contributed by atoms with van der Waals surface area (Å²) in [7, 11) is 0. The average molecular weight is 390 g/mol. The van der Waals surface area contributed by atoms with Crippen molar-refractivity contribution in [3.8, 4) is 0 Å². The van der Waals surface area contributed by atoms with Gasteiger partial charge < -0.3 is 15.5 Å². The van der Waals surface area contributed by atoms with Crippen LogP contribution in [-0.2, 0) is 17.9 Å². The van der Waals surface area contributed by atoms with E-state index in [0.717, 1.165) is 11.4 Å². The predicted octanol–water partition coefficient (Wildman–Crippen LogP) is 5.04. The number of nitrogens with zero attached hydrogens (tertiary/aromatic N) is 1. The zero-order valence-electron chi connectivity index (χ0n) is 15.8. The Kier molecular flexibility index (Phi) is 6.76. The molecule has 3 aromatic rings. The largest absolute Gasteiger partial charge is 0.340 e. The van der Waals surface area contributed by atoms with Crippen molar-refractivity contribution < 1.29 is 4.79 Å². The van der Waals surface area contributed by atoms with Crippen LogP contribution in [0.15, 0.2) is 84.9 Å². The van der Waals surface area contributed by atoms with Crippen molar-refractivity contribution in [1.82, 2.24) is 4.90 Å². The van der Waals surface area contributed by atoms with E-state index in [-0.39, 0.29) is 5.91 Å². The van der Waals surface area contributed by atoms with E-state index in [1.54, 1.807) is 0 Å². The van der Waals surface area contributed by atoms with Crippen molar-refractivity contribution in [1.29, 1.82) is 0 Å². The highest BCUT2D eigenvalue weighted by atomic mass is 32.1. The van der Waals surface area contributed by atoms with Gasteiger partial charge in [0.2, 0.25) is 5.91 Å². The van der Waals surface area contributed by atoms with E-state index in [4.69, 9.17) is 12.2 Å². The molecule has 0 radical (unpaired) electrons. The highest BCUT2D eigenvalue weighted by Crippen LogP contribution is 2.16. The Morgan fingerprint density at radius 1 is 0.750 bits per heavy atom. The molecular weight excluding hydrogens is 366 g/mol. The Morgan fingerprint density at radius 2 is 1.18 bits per heavy atom. The molecular formula is C23H23N3OS. The lowest BCUT2D eigenvalue weighted by Crippen LogP contribution is -2.33. The molecule has 5 heteroatoms. The minimum Gasteiger partial charge on any atom is -0.340 e. The Balaban J connectivity index is 1.72. The van der Waals surface area contributed by atoms with Crippen LogP contribution >= 0.6 is 12.2 Å². The number of hydrogen-bond acceptors (Lipinski definition) is 2. The molecule has 0 saturated carbocycles. The zero-order valence-corrected chi connectivity index (χ0v) is 16.6. The van der Waals surface area contributed by atoms with Crippen LogP contribution < -0.4 is 10.6 Å². The smallest absolute Gasteiger partial charge is 0.221 e. The average Bonchev–Trinajstić information content (AvgIpc) is 2.70. The molecule has 0 saturated heterocycles. The van der Waals surface area contributed by atoms with Crippen molar-refractivity contribution in [2.24, 2.45) is 0 Å². The highest BCUT2D eigenvalue weighted by molar-refractivity contribution is 7.80. The maximum atomic E-state index is 11.2. The lowest BCUT2D eigenvalue weighted by molar-refractivity contribution is -0.114. The van der Waals surface area contributed by atoms with Gasteiger partial charge in [0.1, 0.15) is 0 Å². The van der Waals surface area contributed by atoms with E-state index >= 15 is 0 Å². The number of anilines is 2. The molecule has 0 heterocycles. The van der Waals surface area contributed by atoms with Crippen molar-refractivity contribution in [2.75, 3.05) is 10.6 Å². The van der Waals surface area contributed by atoms with Crippen molar-refractivity contribution >= 4 is 34.6 Å². The molecule has 0 fully saturated rings. The van der Waals surface area contributed by atoms with E-state index in [2.05, 4.69) is 39.8 Å². The van der Waals surface area contributed by atoms with Gasteiger partial charge in [-0.15, -0.1) is 0 Å². The summed E-state index contributed by atoms with van der Waals surface area (Å²) in [6.45, 7) is 2.92. The van der Waals surface area contributed by atoms with Crippen LogP contribution in [0, 0.1) is 0 Å². The molecule has 0 unspecified atom stereocenters. The first-order chi connectivity index (χ1) is 13.6. The lowest BCUT2D eigenvalue weighted by atomic mass is 10.2. The van der Waals surface area contributed by atoms with Crippen LogP contribution in [-0.4, -0.2) is 15.9 Å². The van der Waals surface area contributed by atoms with Gasteiger partial charge >= 0.3 is 0 Å². The summed E-state index contributed by atoms with van der Waals surface area (Å²) >= 11 is 5.70. The topological polar surface area (TPSA) is 44.4 Å². The fourth-order valence-electron chi connectivity index (χ4n) is 2.85. The first kappa shape index (κ1) is 19.6. The summed E-state index contributed by atoms with van der Waals surface area (Å²) in [4.78, 5) is 13.3. The minimum absolute atomic E-state index is 0.0897. The standard InChI is InChI=1S/C23H23N3OS/c1-18(27)24-21-12-14-22(15-13-21)25-23(28)26(16-19-8-4-2-5-9-19)17-20-10-6-3-7-11-20/h2-15H,16-17H2,1H3,(H,24,27)(H,25,28). The number of carbonyl (C=O) groups excluding carboxylic acids is 1. The second kappa shape index (κ2) is 9.67. The monoisotopic (exact) mass is 389 g/mol. The van der Waals surface area contributed by atoms with Gasteiger partial charge in [0.15, 0.2) is 5.11 Å². The van der Waals surface area contributed by atoms with E-state index in [1.807, 2.05) is 60.7 Å². The second-order valence-electron chi connectivity index (χ2n) is 6.52. The van der Waals surface area contributed by atoms with Gasteiger partial charge in [-0.1, -0.05) is 60.7 Å². The molecule has 0 aliphatic rings. The third-order valence-electron chi connectivity index (χ3n) is 4.18. The quantitative estimate of drug-likeness (QED) is 0.580. The molecule has 28 heavy (non-hydrogen) atoms. The molecule has 1 amide bonds. The van der Waals surface area contributed by atoms with E-state index in [1.165, 1.54) is 18.1 Å². The van der Waals surface area contributed by atoms with Crippen molar-refractivity contribution in [2.45, 2.75) is 20.0 Å². The van der Waals surface area contributed by atoms with Gasteiger partial charge in [0.25, 0.3) is 0 Å². The van der Waals surface area contributed by atoms with Crippen LogP contribution in [0.1, 0.15) is 18.1 Å². The fraction of sp³-hybridized carbons (Fsp3) is 0.130. The van der Waals surface area contributed by atoms with Gasteiger partial charge in [0.05, 0.1) is 0 Å². The van der Waals surface area contributed by atoms with Gasteiger partial charge in [0, 0.05) is 31.4 Å². The number of thiocarbonyl (C=S) groups is 1. The molecule has 0 aromatic heterocycles. The highest BCUT2D eigenvalue weighted by Gasteiger charge is 2.12. The summed E-state index contributed by atoms with van der Waals surface area (Å²) in [6, 6.07) is 28.1. The molecule has 0 spiro atoms. The van der Waals surface area contributed by atoms with Crippen molar-refractivity contribution in [3.05, 3.63) is 96.1 Å². The van der Waals surface area contributed by atoms with E-state index in [9.17, 15) is 4.79 Å². The van der Waals surface area contributed by atoms with E-state index in [0.29, 0.717) is 18.2 Å². The maximum Gasteiger partial charge on any atom is 0.221 e. The second-order valence-corrected chi connectivity index (χ2v) is 6.90. The Labute approximate surface area is 171 Å². The molecule has 4 nitrogen and oxygen atoms in total. The third-order valence-corrected chi connectivity index (χ3v) is 4.54. The van der Waals surface area contributed by atoms with Gasteiger partial charge in [-0.25, -0.2) is 0 Å². The Bertz CT molecular complexity index is 870. The summed E-state index contributed by atoms with van der Waals surface area (Å²) in [5.74, 6) is -0.0897. The first-order valence-electron chi connectivity index (χ1n) is 9.11. The number of benzene rings is 3. The van der Waals surface area contributed by atoms with Gasteiger partial charge in [-0.3, -0.25) is 4.79 Å². The Morgan fingerprint density at radius 3 is 1.61 bits per heavy atom. The maximum absolute atomic E-state index is 11.2. The van der Waals surface area contributed by atoms with Crippen LogP contribution in [0.4, 0.5) is 11.4 Å². The number of rotatable bonds is 6. The van der Waals surface area contributed by atoms with Gasteiger partial charge in [-0.2, -0.15) is 0 Å². The number of hydrogen-bond donors (Lipinski definition) is 2.